The van der Waals surface area contributed by atoms with Crippen molar-refractivity contribution < 1.29 is 0 Å². The molecule has 5 nitrogen and oxygen atoms in total. The molecule has 0 aliphatic rings. The van der Waals surface area contributed by atoms with Crippen LogP contribution in [0.5, 0.6) is 0 Å². The molecule has 2 rings (SSSR count). The van der Waals surface area contributed by atoms with E-state index >= 15 is 0 Å². The third-order valence-electron chi connectivity index (χ3n) is 2.41. The van der Waals surface area contributed by atoms with Gasteiger partial charge < -0.3 is 10.2 Å². The first-order valence-corrected chi connectivity index (χ1v) is 5.84. The van der Waals surface area contributed by atoms with Crippen LogP contribution in [0.25, 0.3) is 0 Å². The molecule has 0 unspecified atom stereocenters. The third kappa shape index (κ3) is 2.68. The van der Waals surface area contributed by atoms with Crippen LogP contribution in [0.15, 0.2) is 24.5 Å². The fraction of sp³-hybridized carbons (Fsp3) is 0.250. The fourth-order valence-electron chi connectivity index (χ4n) is 1.53. The van der Waals surface area contributed by atoms with Crippen molar-refractivity contribution in [3.05, 3.63) is 35.4 Å². The molecule has 0 spiro atoms. The van der Waals surface area contributed by atoms with Crippen molar-refractivity contribution in [3.8, 4) is 0 Å². The van der Waals surface area contributed by atoms with Gasteiger partial charge in [-0.25, -0.2) is 15.0 Å². The second-order valence-corrected chi connectivity index (χ2v) is 4.40. The first-order valence-electron chi connectivity index (χ1n) is 5.46. The van der Waals surface area contributed by atoms with E-state index in [4.69, 9.17) is 11.6 Å². The molecule has 0 fully saturated rings. The van der Waals surface area contributed by atoms with Crippen LogP contribution in [0.1, 0.15) is 5.56 Å². The number of aromatic nitrogens is 3. The standard InChI is InChI=1S/C12H14ClN5/c1-8-7-15-12(13)17-10(8)16-9-5-4-6-14-11(9)18(2)3/h4-7H,1-3H3,(H,15,16,17). The number of halogens is 1. The fourth-order valence-corrected chi connectivity index (χ4v) is 1.66. The van der Waals surface area contributed by atoms with E-state index in [1.807, 2.05) is 38.1 Å². The molecule has 6 heteroatoms. The second-order valence-electron chi connectivity index (χ2n) is 4.06. The summed E-state index contributed by atoms with van der Waals surface area (Å²) < 4.78 is 0. The van der Waals surface area contributed by atoms with E-state index in [0.29, 0.717) is 5.82 Å². The van der Waals surface area contributed by atoms with Crippen molar-refractivity contribution in [2.24, 2.45) is 0 Å². The summed E-state index contributed by atoms with van der Waals surface area (Å²) in [5, 5.41) is 3.44. The number of pyridine rings is 1. The van der Waals surface area contributed by atoms with Gasteiger partial charge in [-0.2, -0.15) is 0 Å². The van der Waals surface area contributed by atoms with Gasteiger partial charge in [0.15, 0.2) is 5.82 Å². The van der Waals surface area contributed by atoms with Crippen LogP contribution >= 0.6 is 11.6 Å². The third-order valence-corrected chi connectivity index (χ3v) is 2.59. The van der Waals surface area contributed by atoms with Gasteiger partial charge in [-0.1, -0.05) is 0 Å². The van der Waals surface area contributed by atoms with Crippen molar-refractivity contribution in [1.29, 1.82) is 0 Å². The van der Waals surface area contributed by atoms with Crippen LogP contribution in [0.2, 0.25) is 5.28 Å². The van der Waals surface area contributed by atoms with E-state index in [1.54, 1.807) is 12.4 Å². The molecule has 0 aromatic carbocycles. The smallest absolute Gasteiger partial charge is 0.224 e. The predicted molar refractivity (Wildman–Crippen MR) is 73.6 cm³/mol. The van der Waals surface area contributed by atoms with E-state index < -0.39 is 0 Å². The Labute approximate surface area is 111 Å². The van der Waals surface area contributed by atoms with Crippen LogP contribution in [0.3, 0.4) is 0 Å². The zero-order chi connectivity index (χ0) is 13.1. The maximum absolute atomic E-state index is 5.80. The number of nitrogens with zero attached hydrogens (tertiary/aromatic N) is 4. The Morgan fingerprint density at radius 2 is 2.06 bits per heavy atom. The molecule has 2 heterocycles. The minimum atomic E-state index is 0.221. The van der Waals surface area contributed by atoms with Crippen molar-refractivity contribution in [2.45, 2.75) is 6.92 Å². The number of nitrogens with one attached hydrogen (secondary N) is 1. The van der Waals surface area contributed by atoms with Gasteiger partial charge in [-0.05, 0) is 30.7 Å². The number of hydrogen-bond acceptors (Lipinski definition) is 5. The highest BCUT2D eigenvalue weighted by atomic mass is 35.5. The SMILES string of the molecule is Cc1cnc(Cl)nc1Nc1cccnc1N(C)C. The minimum Gasteiger partial charge on any atom is -0.361 e. The quantitative estimate of drug-likeness (QED) is 0.863. The summed E-state index contributed by atoms with van der Waals surface area (Å²) in [7, 11) is 3.88. The Morgan fingerprint density at radius 3 is 2.78 bits per heavy atom. The maximum atomic E-state index is 5.80. The summed E-state index contributed by atoms with van der Waals surface area (Å²) in [6.07, 6.45) is 3.43. The highest BCUT2D eigenvalue weighted by Crippen LogP contribution is 2.25. The monoisotopic (exact) mass is 263 g/mol. The van der Waals surface area contributed by atoms with E-state index in [2.05, 4.69) is 20.3 Å². The van der Waals surface area contributed by atoms with Crippen molar-refractivity contribution in [3.63, 3.8) is 0 Å². The molecule has 2 aromatic heterocycles. The van der Waals surface area contributed by atoms with Gasteiger partial charge in [0.2, 0.25) is 5.28 Å². The lowest BCUT2D eigenvalue weighted by Gasteiger charge is -2.17. The van der Waals surface area contributed by atoms with Gasteiger partial charge in [-0.3, -0.25) is 0 Å². The molecule has 0 radical (unpaired) electrons. The lowest BCUT2D eigenvalue weighted by Crippen LogP contribution is -2.13. The number of aryl methyl sites for hydroxylation is 1. The molecular weight excluding hydrogens is 250 g/mol. The molecule has 0 bridgehead atoms. The average Bonchev–Trinajstić information content (AvgIpc) is 2.34. The van der Waals surface area contributed by atoms with Crippen LogP contribution in [-0.2, 0) is 0 Å². The highest BCUT2D eigenvalue weighted by Gasteiger charge is 2.08. The molecule has 2 aromatic rings. The van der Waals surface area contributed by atoms with Crippen LogP contribution in [0, 0.1) is 6.92 Å². The molecule has 0 aliphatic carbocycles. The predicted octanol–water partition coefficient (Wildman–Crippen LogP) is 2.64. The highest BCUT2D eigenvalue weighted by molar-refractivity contribution is 6.28. The largest absolute Gasteiger partial charge is 0.361 e. The lowest BCUT2D eigenvalue weighted by atomic mass is 10.3. The normalized spacial score (nSPS) is 10.2. The van der Waals surface area contributed by atoms with Crippen molar-refractivity contribution in [2.75, 3.05) is 24.3 Å². The van der Waals surface area contributed by atoms with Crippen LogP contribution in [0.4, 0.5) is 17.3 Å². The van der Waals surface area contributed by atoms with Crippen LogP contribution in [-0.4, -0.2) is 29.0 Å². The van der Waals surface area contributed by atoms with E-state index in [1.165, 1.54) is 0 Å². The van der Waals surface area contributed by atoms with E-state index in [-0.39, 0.29) is 5.28 Å². The van der Waals surface area contributed by atoms with Crippen molar-refractivity contribution in [1.82, 2.24) is 15.0 Å². The molecule has 0 atom stereocenters. The molecule has 0 saturated heterocycles. The Morgan fingerprint density at radius 1 is 1.28 bits per heavy atom. The first kappa shape index (κ1) is 12.6. The zero-order valence-electron chi connectivity index (χ0n) is 10.5. The Bertz CT molecular complexity index is 556. The molecular formula is C12H14ClN5. The summed E-state index contributed by atoms with van der Waals surface area (Å²) in [6.45, 7) is 1.92. The molecule has 94 valence electrons. The number of hydrogen-bond donors (Lipinski definition) is 1. The minimum absolute atomic E-state index is 0.221. The Kier molecular flexibility index (Phi) is 3.62. The molecule has 0 saturated carbocycles. The van der Waals surface area contributed by atoms with E-state index in [0.717, 1.165) is 17.1 Å². The lowest BCUT2D eigenvalue weighted by molar-refractivity contribution is 1.06. The Balaban J connectivity index is 2.37. The summed E-state index contributed by atoms with van der Waals surface area (Å²) in [5.41, 5.74) is 1.80. The van der Waals surface area contributed by atoms with Gasteiger partial charge in [-0.15, -0.1) is 0 Å². The van der Waals surface area contributed by atoms with Crippen LogP contribution < -0.4 is 10.2 Å². The Hall–Kier alpha value is -1.88. The summed E-state index contributed by atoms with van der Waals surface area (Å²) in [6, 6.07) is 3.81. The van der Waals surface area contributed by atoms with Gasteiger partial charge >= 0.3 is 0 Å². The second kappa shape index (κ2) is 5.18. The zero-order valence-corrected chi connectivity index (χ0v) is 11.2. The topological polar surface area (TPSA) is 53.9 Å². The molecule has 1 N–H and O–H groups in total. The van der Waals surface area contributed by atoms with Gasteiger partial charge in [0.1, 0.15) is 5.82 Å². The maximum Gasteiger partial charge on any atom is 0.224 e. The summed E-state index contributed by atoms with van der Waals surface area (Å²) >= 11 is 5.80. The van der Waals surface area contributed by atoms with Gasteiger partial charge in [0.05, 0.1) is 5.69 Å². The molecule has 0 aliphatic heterocycles. The first-order chi connectivity index (χ1) is 8.58. The van der Waals surface area contributed by atoms with Crippen molar-refractivity contribution >= 4 is 28.9 Å². The number of rotatable bonds is 3. The number of anilines is 3. The van der Waals surface area contributed by atoms with Gasteiger partial charge in [0.25, 0.3) is 0 Å². The van der Waals surface area contributed by atoms with Gasteiger partial charge in [0, 0.05) is 32.1 Å². The summed E-state index contributed by atoms with van der Waals surface area (Å²) in [5.74, 6) is 1.53. The molecule has 0 amide bonds. The average molecular weight is 264 g/mol. The van der Waals surface area contributed by atoms with E-state index in [9.17, 15) is 0 Å². The molecule has 18 heavy (non-hydrogen) atoms. The summed E-state index contributed by atoms with van der Waals surface area (Å²) in [4.78, 5) is 14.3.